The highest BCUT2D eigenvalue weighted by Gasteiger charge is 2.23. The van der Waals surface area contributed by atoms with E-state index in [0.29, 0.717) is 12.5 Å². The molecule has 2 N–H and O–H groups in total. The molecule has 1 saturated heterocycles. The predicted molar refractivity (Wildman–Crippen MR) is 144 cm³/mol. The lowest BCUT2D eigenvalue weighted by molar-refractivity contribution is 0.145. The van der Waals surface area contributed by atoms with Crippen LogP contribution in [-0.2, 0) is 23.8 Å². The summed E-state index contributed by atoms with van der Waals surface area (Å²) in [6.45, 7) is 7.08. The van der Waals surface area contributed by atoms with Crippen LogP contribution in [-0.4, -0.2) is 71.9 Å². The van der Waals surface area contributed by atoms with Crippen LogP contribution in [0.2, 0.25) is 5.02 Å². The number of piperazine rings is 1. The quantitative estimate of drug-likeness (QED) is 0.419. The van der Waals surface area contributed by atoms with Gasteiger partial charge >= 0.3 is 0 Å². The van der Waals surface area contributed by atoms with Gasteiger partial charge in [0.25, 0.3) is 0 Å². The van der Waals surface area contributed by atoms with Crippen molar-refractivity contribution in [2.75, 3.05) is 52.9 Å². The number of halogens is 1. The normalized spacial score (nSPS) is 20.1. The van der Waals surface area contributed by atoms with Gasteiger partial charge in [-0.25, -0.2) is 8.93 Å². The monoisotopic (exact) mass is 514 g/mol. The molecule has 1 aliphatic carbocycles. The van der Waals surface area contributed by atoms with E-state index in [1.54, 1.807) is 0 Å². The molecule has 35 heavy (non-hydrogen) atoms. The van der Waals surface area contributed by atoms with E-state index in [9.17, 15) is 4.21 Å². The lowest BCUT2D eigenvalue weighted by Crippen LogP contribution is -2.44. The number of fused-ring (bicyclic) bond motifs is 3. The molecular weight excluding hydrogens is 480 g/mol. The molecule has 5 rings (SSSR count). The first-order valence-electron chi connectivity index (χ1n) is 12.6. The maximum atomic E-state index is 12.8. The molecule has 6 nitrogen and oxygen atoms in total. The van der Waals surface area contributed by atoms with Crippen molar-refractivity contribution >= 4 is 33.5 Å². The van der Waals surface area contributed by atoms with Crippen LogP contribution in [0.25, 0.3) is 10.9 Å². The minimum absolute atomic E-state index is 0.451. The lowest BCUT2D eigenvalue weighted by Gasteiger charge is -2.32. The highest BCUT2D eigenvalue weighted by Crippen LogP contribution is 2.33. The van der Waals surface area contributed by atoms with E-state index in [1.807, 2.05) is 30.3 Å². The van der Waals surface area contributed by atoms with Crippen LogP contribution in [0.5, 0.6) is 5.75 Å². The predicted octanol–water partition coefficient (Wildman–Crippen LogP) is 4.25. The van der Waals surface area contributed by atoms with Crippen LogP contribution in [0.4, 0.5) is 0 Å². The Balaban J connectivity index is 1.06. The number of hydrogen-bond acceptors (Lipinski definition) is 4. The number of nitrogens with zero attached hydrogens (tertiary/aromatic N) is 2. The second kappa shape index (κ2) is 11.4. The molecular formula is C27H35ClN4O2S. The highest BCUT2D eigenvalue weighted by molar-refractivity contribution is 7.83. The Morgan fingerprint density at radius 2 is 1.94 bits per heavy atom. The Bertz CT molecular complexity index is 1160. The van der Waals surface area contributed by atoms with Crippen LogP contribution >= 0.6 is 11.6 Å². The summed E-state index contributed by atoms with van der Waals surface area (Å²) >= 11 is 6.23. The number of nitrogens with one attached hydrogen (secondary N) is 2. The molecule has 1 aromatic heterocycles. The Labute approximate surface area is 215 Å². The second-order valence-corrected chi connectivity index (χ2v) is 11.6. The van der Waals surface area contributed by atoms with Gasteiger partial charge in [0.1, 0.15) is 16.7 Å². The molecule has 2 atom stereocenters. The molecule has 0 saturated carbocycles. The van der Waals surface area contributed by atoms with Gasteiger partial charge in [0.15, 0.2) is 0 Å². The average molecular weight is 515 g/mol. The van der Waals surface area contributed by atoms with Gasteiger partial charge in [-0.3, -0.25) is 0 Å². The van der Waals surface area contributed by atoms with E-state index in [1.165, 1.54) is 16.6 Å². The Morgan fingerprint density at radius 1 is 1.14 bits per heavy atom. The molecule has 2 unspecified atom stereocenters. The minimum Gasteiger partial charge on any atom is -0.494 e. The van der Waals surface area contributed by atoms with E-state index >= 15 is 0 Å². The summed E-state index contributed by atoms with van der Waals surface area (Å²) in [7, 11) is 0.948. The number of benzene rings is 2. The zero-order valence-corrected chi connectivity index (χ0v) is 22.0. The maximum Gasteiger partial charge on any atom is 0.124 e. The maximum absolute atomic E-state index is 12.8. The van der Waals surface area contributed by atoms with Crippen LogP contribution in [0.1, 0.15) is 24.1 Å². The highest BCUT2D eigenvalue weighted by atomic mass is 35.5. The molecule has 0 radical (unpaired) electrons. The molecule has 0 amide bonds. The zero-order valence-electron chi connectivity index (χ0n) is 20.4. The molecule has 0 bridgehead atoms. The van der Waals surface area contributed by atoms with Gasteiger partial charge in [0.2, 0.25) is 0 Å². The van der Waals surface area contributed by atoms with Crippen molar-refractivity contribution in [1.29, 1.82) is 0 Å². The number of likely N-dealkylation sites (N-methyl/N-ethyl adjacent to an activating group) is 1. The first-order chi connectivity index (χ1) is 17.0. The standard InChI is InChI=1S/C27H35ClN4O2S/c1-31-12-14-32(15-13-31)11-2-16-34-22-5-7-23(8-6-22)35(33)29-19-20-3-9-26-24(17-20)25-18-21(28)4-10-27(25)30-26/h4-8,10,18,20,29-30H,2-3,9,11-17,19H2,1H3. The van der Waals surface area contributed by atoms with Crippen LogP contribution < -0.4 is 9.46 Å². The number of hydrogen-bond donors (Lipinski definition) is 2. The number of ether oxygens (including phenoxy) is 1. The van der Waals surface area contributed by atoms with Gasteiger partial charge in [-0.05, 0) is 86.7 Å². The summed E-state index contributed by atoms with van der Waals surface area (Å²) in [6.07, 6.45) is 4.09. The Morgan fingerprint density at radius 3 is 2.74 bits per heavy atom. The fourth-order valence-corrected chi connectivity index (χ4v) is 6.23. The first-order valence-corrected chi connectivity index (χ1v) is 14.2. The van der Waals surface area contributed by atoms with Crippen LogP contribution in [0, 0.1) is 5.92 Å². The first kappa shape index (κ1) is 24.8. The number of H-pyrrole nitrogens is 1. The molecule has 2 aliphatic rings. The molecule has 1 aliphatic heterocycles. The van der Waals surface area contributed by atoms with E-state index in [0.717, 1.165) is 86.1 Å². The summed E-state index contributed by atoms with van der Waals surface area (Å²) in [5.41, 5.74) is 3.83. The SMILES string of the molecule is CN1CCN(CCCOc2ccc(S(=O)NCC3CCc4[nH]c5ccc(Cl)cc5c4C3)cc2)CC1. The molecule has 1 fully saturated rings. The third-order valence-corrected chi connectivity index (χ3v) is 8.64. The van der Waals surface area contributed by atoms with Gasteiger partial charge in [-0.2, -0.15) is 0 Å². The van der Waals surface area contributed by atoms with Crippen molar-refractivity contribution < 1.29 is 8.95 Å². The minimum atomic E-state index is -1.23. The smallest absolute Gasteiger partial charge is 0.124 e. The number of aryl methyl sites for hydroxylation is 1. The Hall–Kier alpha value is -1.90. The van der Waals surface area contributed by atoms with Crippen LogP contribution in [0.3, 0.4) is 0 Å². The fraction of sp³-hybridized carbons (Fsp3) is 0.481. The zero-order chi connectivity index (χ0) is 24.2. The van der Waals surface area contributed by atoms with Crippen molar-refractivity contribution in [3.8, 4) is 5.75 Å². The van der Waals surface area contributed by atoms with Crippen molar-refractivity contribution in [3.05, 3.63) is 58.7 Å². The average Bonchev–Trinajstić information content (AvgIpc) is 3.23. The third kappa shape index (κ3) is 6.27. The lowest BCUT2D eigenvalue weighted by atomic mass is 9.86. The van der Waals surface area contributed by atoms with Crippen molar-refractivity contribution in [3.63, 3.8) is 0 Å². The van der Waals surface area contributed by atoms with Crippen molar-refractivity contribution in [2.24, 2.45) is 5.92 Å². The van der Waals surface area contributed by atoms with Gasteiger partial charge in [0.05, 0.1) is 11.5 Å². The van der Waals surface area contributed by atoms with Gasteiger partial charge < -0.3 is 19.5 Å². The Kier molecular flexibility index (Phi) is 8.10. The number of aromatic amines is 1. The van der Waals surface area contributed by atoms with E-state index in [2.05, 4.69) is 38.7 Å². The summed E-state index contributed by atoms with van der Waals surface area (Å²) in [4.78, 5) is 9.20. The summed E-state index contributed by atoms with van der Waals surface area (Å²) in [6, 6.07) is 13.7. The van der Waals surface area contributed by atoms with Gasteiger partial charge in [0, 0.05) is 60.9 Å². The molecule has 2 heterocycles. The second-order valence-electron chi connectivity index (χ2n) is 9.82. The van der Waals surface area contributed by atoms with E-state index in [-0.39, 0.29) is 0 Å². The molecule has 3 aromatic rings. The number of aromatic nitrogens is 1. The van der Waals surface area contributed by atoms with Crippen molar-refractivity contribution in [1.82, 2.24) is 19.5 Å². The summed E-state index contributed by atoms with van der Waals surface area (Å²) in [5, 5.41) is 1.99. The van der Waals surface area contributed by atoms with E-state index in [4.69, 9.17) is 16.3 Å². The van der Waals surface area contributed by atoms with Gasteiger partial charge in [-0.15, -0.1) is 0 Å². The molecule has 0 spiro atoms. The van der Waals surface area contributed by atoms with Gasteiger partial charge in [-0.1, -0.05) is 11.6 Å². The fourth-order valence-electron chi connectivity index (χ4n) is 5.12. The van der Waals surface area contributed by atoms with Crippen LogP contribution in [0.15, 0.2) is 47.4 Å². The largest absolute Gasteiger partial charge is 0.494 e. The van der Waals surface area contributed by atoms with Crippen molar-refractivity contribution in [2.45, 2.75) is 30.6 Å². The third-order valence-electron chi connectivity index (χ3n) is 7.28. The molecule has 2 aromatic carbocycles. The molecule has 188 valence electrons. The van der Waals surface area contributed by atoms with E-state index < -0.39 is 11.0 Å². The summed E-state index contributed by atoms with van der Waals surface area (Å²) in [5.74, 6) is 1.29. The number of rotatable bonds is 9. The topological polar surface area (TPSA) is 60.6 Å². The molecule has 8 heteroatoms. The summed E-state index contributed by atoms with van der Waals surface area (Å²) < 4.78 is 22.0.